The number of hydrogen-bond acceptors (Lipinski definition) is 2. The van der Waals surface area contributed by atoms with Gasteiger partial charge >= 0.3 is 6.18 Å². The molecule has 0 aromatic heterocycles. The zero-order valence-corrected chi connectivity index (χ0v) is 11.5. The average Bonchev–Trinajstić information content (AvgIpc) is 2.92. The molecular formula is C14H16F4N2O. The van der Waals surface area contributed by atoms with E-state index in [-0.39, 0.29) is 11.6 Å². The van der Waals surface area contributed by atoms with Gasteiger partial charge in [-0.15, -0.1) is 0 Å². The van der Waals surface area contributed by atoms with Crippen LogP contribution in [0.1, 0.15) is 25.3 Å². The highest BCUT2D eigenvalue weighted by atomic mass is 19.4. The van der Waals surface area contributed by atoms with Gasteiger partial charge in [-0.2, -0.15) is 13.2 Å². The molecule has 1 amide bonds. The Morgan fingerprint density at radius 1 is 1.29 bits per heavy atom. The van der Waals surface area contributed by atoms with E-state index < -0.39 is 23.6 Å². The van der Waals surface area contributed by atoms with Crippen molar-refractivity contribution in [2.24, 2.45) is 0 Å². The monoisotopic (exact) mass is 304 g/mol. The second-order valence-corrected chi connectivity index (χ2v) is 5.09. The SMILES string of the molecule is CC(Nc1ccc(F)c(C(F)(F)F)c1)C(=O)N1CCCC1. The number of halogens is 4. The zero-order chi connectivity index (χ0) is 15.6. The van der Waals surface area contributed by atoms with Crippen molar-refractivity contribution < 1.29 is 22.4 Å². The Morgan fingerprint density at radius 2 is 1.90 bits per heavy atom. The van der Waals surface area contributed by atoms with Crippen LogP contribution in [0, 0.1) is 5.82 Å². The van der Waals surface area contributed by atoms with Crippen molar-refractivity contribution >= 4 is 11.6 Å². The molecule has 7 heteroatoms. The third kappa shape index (κ3) is 3.65. The second-order valence-electron chi connectivity index (χ2n) is 5.09. The van der Waals surface area contributed by atoms with Gasteiger partial charge in [-0.05, 0) is 38.0 Å². The largest absolute Gasteiger partial charge is 0.419 e. The quantitative estimate of drug-likeness (QED) is 0.869. The highest BCUT2D eigenvalue weighted by Gasteiger charge is 2.34. The topological polar surface area (TPSA) is 32.3 Å². The Hall–Kier alpha value is -1.79. The van der Waals surface area contributed by atoms with Crippen LogP contribution in [-0.4, -0.2) is 29.9 Å². The molecule has 21 heavy (non-hydrogen) atoms. The Morgan fingerprint density at radius 3 is 2.48 bits per heavy atom. The van der Waals surface area contributed by atoms with Gasteiger partial charge in [0.15, 0.2) is 0 Å². The molecule has 1 N–H and O–H groups in total. The van der Waals surface area contributed by atoms with E-state index >= 15 is 0 Å². The Bertz CT molecular complexity index is 524. The molecule has 0 bridgehead atoms. The summed E-state index contributed by atoms with van der Waals surface area (Å²) in [5.74, 6) is -1.49. The predicted molar refractivity (Wildman–Crippen MR) is 70.3 cm³/mol. The predicted octanol–water partition coefficient (Wildman–Crippen LogP) is 3.27. The number of alkyl halides is 3. The standard InChI is InChI=1S/C14H16F4N2O/c1-9(13(21)20-6-2-3-7-20)19-10-4-5-12(15)11(8-10)14(16,17)18/h4-5,8-9,19H,2-3,6-7H2,1H3. The molecule has 1 unspecified atom stereocenters. The third-order valence-corrected chi connectivity index (χ3v) is 3.44. The number of rotatable bonds is 3. The lowest BCUT2D eigenvalue weighted by atomic mass is 10.1. The first-order chi connectivity index (χ1) is 9.79. The summed E-state index contributed by atoms with van der Waals surface area (Å²) in [6, 6.07) is 1.97. The third-order valence-electron chi connectivity index (χ3n) is 3.44. The second kappa shape index (κ2) is 5.91. The Labute approximate surface area is 119 Å². The number of likely N-dealkylation sites (tertiary alicyclic amines) is 1. The number of nitrogens with one attached hydrogen (secondary N) is 1. The first-order valence-corrected chi connectivity index (χ1v) is 6.71. The molecule has 1 heterocycles. The first kappa shape index (κ1) is 15.6. The van der Waals surface area contributed by atoms with Crippen molar-refractivity contribution in [3.8, 4) is 0 Å². The maximum absolute atomic E-state index is 13.2. The van der Waals surface area contributed by atoms with Crippen LogP contribution in [0.15, 0.2) is 18.2 Å². The van der Waals surface area contributed by atoms with E-state index in [2.05, 4.69) is 5.32 Å². The molecule has 0 aliphatic carbocycles. The molecule has 1 aromatic carbocycles. The molecule has 0 saturated carbocycles. The first-order valence-electron chi connectivity index (χ1n) is 6.71. The lowest BCUT2D eigenvalue weighted by Crippen LogP contribution is -2.39. The Kier molecular flexibility index (Phi) is 4.39. The minimum Gasteiger partial charge on any atom is -0.374 e. The summed E-state index contributed by atoms with van der Waals surface area (Å²) in [6.45, 7) is 2.92. The van der Waals surface area contributed by atoms with Crippen LogP contribution in [0.5, 0.6) is 0 Å². The number of anilines is 1. The summed E-state index contributed by atoms with van der Waals surface area (Å²) >= 11 is 0. The molecule has 0 radical (unpaired) electrons. The van der Waals surface area contributed by atoms with Crippen molar-refractivity contribution in [1.29, 1.82) is 0 Å². The summed E-state index contributed by atoms with van der Waals surface area (Å²) in [7, 11) is 0. The van der Waals surface area contributed by atoms with E-state index in [1.54, 1.807) is 11.8 Å². The zero-order valence-electron chi connectivity index (χ0n) is 11.5. The van der Waals surface area contributed by atoms with Gasteiger partial charge in [0.05, 0.1) is 5.56 Å². The van der Waals surface area contributed by atoms with E-state index in [0.717, 1.165) is 18.9 Å². The number of nitrogens with zero attached hydrogens (tertiary/aromatic N) is 1. The molecule has 0 spiro atoms. The van der Waals surface area contributed by atoms with Gasteiger partial charge in [0, 0.05) is 18.8 Å². The van der Waals surface area contributed by atoms with Crippen LogP contribution < -0.4 is 5.32 Å². The molecule has 1 aliphatic rings. The fourth-order valence-corrected chi connectivity index (χ4v) is 2.36. The minimum absolute atomic E-state index is 0.0729. The van der Waals surface area contributed by atoms with Crippen LogP contribution in [0.25, 0.3) is 0 Å². The Balaban J connectivity index is 2.10. The van der Waals surface area contributed by atoms with Gasteiger partial charge in [-0.25, -0.2) is 4.39 Å². The lowest BCUT2D eigenvalue weighted by molar-refractivity contribution is -0.139. The highest BCUT2D eigenvalue weighted by molar-refractivity contribution is 5.84. The molecule has 2 rings (SSSR count). The van der Waals surface area contributed by atoms with Gasteiger partial charge in [-0.3, -0.25) is 4.79 Å². The summed E-state index contributed by atoms with van der Waals surface area (Å²) < 4.78 is 51.1. The fraction of sp³-hybridized carbons (Fsp3) is 0.500. The lowest BCUT2D eigenvalue weighted by Gasteiger charge is -2.22. The number of hydrogen-bond donors (Lipinski definition) is 1. The van der Waals surface area contributed by atoms with Gasteiger partial charge in [0.25, 0.3) is 0 Å². The van der Waals surface area contributed by atoms with Gasteiger partial charge in [0.1, 0.15) is 11.9 Å². The van der Waals surface area contributed by atoms with Crippen LogP contribution >= 0.6 is 0 Å². The van der Waals surface area contributed by atoms with Crippen LogP contribution in [-0.2, 0) is 11.0 Å². The van der Waals surface area contributed by atoms with Crippen molar-refractivity contribution in [2.45, 2.75) is 32.0 Å². The van der Waals surface area contributed by atoms with Crippen molar-refractivity contribution in [3.63, 3.8) is 0 Å². The van der Waals surface area contributed by atoms with Gasteiger partial charge in [-0.1, -0.05) is 0 Å². The number of carbonyl (C=O) groups is 1. The molecule has 1 aliphatic heterocycles. The maximum atomic E-state index is 13.2. The molecule has 1 saturated heterocycles. The summed E-state index contributed by atoms with van der Waals surface area (Å²) in [4.78, 5) is 13.7. The van der Waals surface area contributed by atoms with E-state index in [9.17, 15) is 22.4 Å². The molecule has 1 aromatic rings. The molecule has 116 valence electrons. The van der Waals surface area contributed by atoms with Crippen molar-refractivity contribution in [2.75, 3.05) is 18.4 Å². The van der Waals surface area contributed by atoms with E-state index in [1.165, 1.54) is 6.07 Å². The minimum atomic E-state index is -4.76. The van der Waals surface area contributed by atoms with E-state index in [4.69, 9.17) is 0 Å². The van der Waals surface area contributed by atoms with Crippen molar-refractivity contribution in [1.82, 2.24) is 4.90 Å². The summed E-state index contributed by atoms with van der Waals surface area (Å²) in [5.41, 5.74) is -1.27. The van der Waals surface area contributed by atoms with Crippen LogP contribution in [0.2, 0.25) is 0 Å². The average molecular weight is 304 g/mol. The highest BCUT2D eigenvalue weighted by Crippen LogP contribution is 2.33. The van der Waals surface area contributed by atoms with Gasteiger partial charge in [0.2, 0.25) is 5.91 Å². The number of carbonyl (C=O) groups excluding carboxylic acids is 1. The van der Waals surface area contributed by atoms with Crippen molar-refractivity contribution in [3.05, 3.63) is 29.6 Å². The molecule has 1 fully saturated rings. The van der Waals surface area contributed by atoms with E-state index in [1.807, 2.05) is 0 Å². The number of benzene rings is 1. The smallest absolute Gasteiger partial charge is 0.374 e. The molecular weight excluding hydrogens is 288 g/mol. The van der Waals surface area contributed by atoms with E-state index in [0.29, 0.717) is 19.2 Å². The van der Waals surface area contributed by atoms with Crippen LogP contribution in [0.4, 0.5) is 23.2 Å². The van der Waals surface area contributed by atoms with Crippen LogP contribution in [0.3, 0.4) is 0 Å². The maximum Gasteiger partial charge on any atom is 0.419 e. The van der Waals surface area contributed by atoms with Gasteiger partial charge < -0.3 is 10.2 Å². The summed E-state index contributed by atoms with van der Waals surface area (Å²) in [5, 5.41) is 2.70. The summed E-state index contributed by atoms with van der Waals surface area (Å²) in [6.07, 6.45) is -2.88. The molecule has 3 nitrogen and oxygen atoms in total. The molecule has 1 atom stereocenters. The fourth-order valence-electron chi connectivity index (χ4n) is 2.36. The normalized spacial score (nSPS) is 16.9. The number of amides is 1.